The molecule has 2 amide bonds. The van der Waals surface area contributed by atoms with Crippen LogP contribution in [-0.2, 0) is 18.4 Å². The number of anilines is 3. The standard InChI is InChI=1S/C32H35Cl2F3N6O3/c1-42-25-12-24(43-14-17-10-18(17)15-43)21(28(44)39-20-5-3-19(4-6-20)32(35,36)37)11-23(25)40-30(42)41-27-22(33)7-2-16(26(27)34)13-38-29(45)31(46)8-9-31/h2,7,11-12,17-20,46H,3-6,8-10,13-15H2,1H3,(H,38,45)(H,39,44)(H,40,41). The van der Waals surface area contributed by atoms with Gasteiger partial charge in [0.15, 0.2) is 0 Å². The fourth-order valence-corrected chi connectivity index (χ4v) is 7.38. The number of piperidine rings is 1. The molecule has 2 aromatic carbocycles. The minimum absolute atomic E-state index is 0.00595. The lowest BCUT2D eigenvalue weighted by Gasteiger charge is -2.31. The Labute approximate surface area is 273 Å². The van der Waals surface area contributed by atoms with E-state index in [1.807, 2.05) is 17.7 Å². The van der Waals surface area contributed by atoms with Crippen LogP contribution in [0, 0.1) is 17.8 Å². The highest BCUT2D eigenvalue weighted by molar-refractivity contribution is 6.39. The highest BCUT2D eigenvalue weighted by Gasteiger charge is 2.48. The number of nitrogens with zero attached hydrogens (tertiary/aromatic N) is 3. The molecule has 3 saturated carbocycles. The SMILES string of the molecule is Cn1c(Nc2c(Cl)ccc(CNC(=O)C3(O)CC3)c2Cl)nc2cc(C(=O)NC3CCC(C(F)(F)F)CC3)c(N3CC4CC4C3)cc21. The van der Waals surface area contributed by atoms with Crippen molar-refractivity contribution in [3.63, 3.8) is 0 Å². The first kappa shape index (κ1) is 31.4. The number of fused-ring (bicyclic) bond motifs is 2. The molecule has 1 aromatic heterocycles. The number of rotatable bonds is 8. The van der Waals surface area contributed by atoms with Crippen LogP contribution in [0.1, 0.15) is 60.9 Å². The quantitative estimate of drug-likeness (QED) is 0.230. The maximum Gasteiger partial charge on any atom is 0.391 e. The smallest absolute Gasteiger partial charge is 0.380 e. The van der Waals surface area contributed by atoms with E-state index >= 15 is 0 Å². The van der Waals surface area contributed by atoms with Crippen LogP contribution in [-0.4, -0.2) is 57.4 Å². The second-order valence-corrected chi connectivity index (χ2v) is 14.1. The number of benzene rings is 2. The highest BCUT2D eigenvalue weighted by atomic mass is 35.5. The van der Waals surface area contributed by atoms with Gasteiger partial charge in [0, 0.05) is 32.7 Å². The van der Waals surface area contributed by atoms with Crippen LogP contribution in [0.4, 0.5) is 30.5 Å². The molecule has 2 unspecified atom stereocenters. The van der Waals surface area contributed by atoms with Crippen molar-refractivity contribution in [1.29, 1.82) is 0 Å². The van der Waals surface area contributed by atoms with Gasteiger partial charge in [-0.25, -0.2) is 4.98 Å². The first-order chi connectivity index (χ1) is 21.8. The summed E-state index contributed by atoms with van der Waals surface area (Å²) in [6.07, 6.45) is -1.58. The van der Waals surface area contributed by atoms with Gasteiger partial charge in [0.25, 0.3) is 11.8 Å². The summed E-state index contributed by atoms with van der Waals surface area (Å²) in [5.74, 6) is -0.429. The third kappa shape index (κ3) is 5.99. The van der Waals surface area contributed by atoms with Crippen molar-refractivity contribution >= 4 is 63.4 Å². The van der Waals surface area contributed by atoms with Gasteiger partial charge >= 0.3 is 6.18 Å². The number of hydrogen-bond acceptors (Lipinski definition) is 6. The molecule has 0 bridgehead atoms. The number of halogens is 5. The maximum absolute atomic E-state index is 13.7. The Bertz CT molecular complexity index is 1710. The molecule has 2 heterocycles. The third-order valence-electron chi connectivity index (χ3n) is 10.1. The van der Waals surface area contributed by atoms with Crippen molar-refractivity contribution in [3.8, 4) is 0 Å². The normalized spacial score (nSPS) is 24.9. The van der Waals surface area contributed by atoms with Crippen LogP contribution in [0.2, 0.25) is 10.0 Å². The molecule has 14 heteroatoms. The number of carbonyl (C=O) groups is 2. The zero-order chi connectivity index (χ0) is 32.5. The molecule has 9 nitrogen and oxygen atoms in total. The van der Waals surface area contributed by atoms with Gasteiger partial charge in [-0.2, -0.15) is 13.2 Å². The number of alkyl halides is 3. The van der Waals surface area contributed by atoms with E-state index in [9.17, 15) is 27.9 Å². The van der Waals surface area contributed by atoms with Gasteiger partial charge in [-0.1, -0.05) is 29.3 Å². The number of aryl methyl sites for hydroxylation is 1. The zero-order valence-corrected chi connectivity index (χ0v) is 26.7. The average molecular weight is 680 g/mol. The Morgan fingerprint density at radius 2 is 1.78 bits per heavy atom. The van der Waals surface area contributed by atoms with Crippen LogP contribution in [0.5, 0.6) is 0 Å². The van der Waals surface area contributed by atoms with Crippen molar-refractivity contribution in [2.45, 2.75) is 69.3 Å². The lowest BCUT2D eigenvalue weighted by Crippen LogP contribution is -2.40. The van der Waals surface area contributed by atoms with E-state index in [1.165, 1.54) is 6.42 Å². The van der Waals surface area contributed by atoms with Crippen molar-refractivity contribution in [2.75, 3.05) is 23.3 Å². The molecular weight excluding hydrogens is 644 g/mol. The van der Waals surface area contributed by atoms with E-state index in [-0.39, 0.29) is 44.2 Å². The molecule has 1 aliphatic heterocycles. The molecular formula is C32H35Cl2F3N6O3. The number of imidazole rings is 1. The lowest BCUT2D eigenvalue weighted by atomic mass is 9.85. The number of amides is 2. The third-order valence-corrected chi connectivity index (χ3v) is 10.8. The predicted molar refractivity (Wildman–Crippen MR) is 170 cm³/mol. The Balaban J connectivity index is 1.15. The second kappa shape index (κ2) is 11.5. The van der Waals surface area contributed by atoms with E-state index in [1.54, 1.807) is 18.2 Å². The number of nitrogens with one attached hydrogen (secondary N) is 3. The highest BCUT2D eigenvalue weighted by Crippen LogP contribution is 2.47. The molecule has 0 spiro atoms. The molecule has 1 saturated heterocycles. The summed E-state index contributed by atoms with van der Waals surface area (Å²) < 4.78 is 41.4. The summed E-state index contributed by atoms with van der Waals surface area (Å²) in [5, 5.41) is 19.6. The van der Waals surface area contributed by atoms with Gasteiger partial charge in [-0.05, 0) is 80.5 Å². The van der Waals surface area contributed by atoms with Crippen LogP contribution < -0.4 is 20.9 Å². The molecule has 0 radical (unpaired) electrons. The topological polar surface area (TPSA) is 112 Å². The van der Waals surface area contributed by atoms with Gasteiger partial charge in [-0.3, -0.25) is 9.59 Å². The molecule has 46 heavy (non-hydrogen) atoms. The molecule has 246 valence electrons. The van der Waals surface area contributed by atoms with Crippen molar-refractivity contribution < 1.29 is 27.9 Å². The van der Waals surface area contributed by atoms with Gasteiger partial charge in [0.1, 0.15) is 5.60 Å². The number of aromatic nitrogens is 2. The Morgan fingerprint density at radius 1 is 1.09 bits per heavy atom. The molecule has 7 rings (SSSR count). The summed E-state index contributed by atoms with van der Waals surface area (Å²) in [6.45, 7) is 1.80. The Kier molecular flexibility index (Phi) is 7.84. The van der Waals surface area contributed by atoms with Crippen molar-refractivity contribution in [1.82, 2.24) is 20.2 Å². The first-order valence-electron chi connectivity index (χ1n) is 15.7. The van der Waals surface area contributed by atoms with Gasteiger partial charge in [-0.15, -0.1) is 0 Å². The first-order valence-corrected chi connectivity index (χ1v) is 16.4. The minimum Gasteiger partial charge on any atom is -0.380 e. The van der Waals surface area contributed by atoms with E-state index in [0.29, 0.717) is 63.0 Å². The minimum atomic E-state index is -4.21. The summed E-state index contributed by atoms with van der Waals surface area (Å²) >= 11 is 13.3. The molecule has 3 aromatic rings. The van der Waals surface area contributed by atoms with E-state index in [4.69, 9.17) is 28.2 Å². The fourth-order valence-electron chi connectivity index (χ4n) is 6.85. The van der Waals surface area contributed by atoms with Crippen LogP contribution in [0.3, 0.4) is 0 Å². The number of aliphatic hydroxyl groups is 1. The summed E-state index contributed by atoms with van der Waals surface area (Å²) in [7, 11) is 1.84. The number of hydrogen-bond donors (Lipinski definition) is 4. The lowest BCUT2D eigenvalue weighted by molar-refractivity contribution is -0.182. The Hall–Kier alpha value is -3.22. The molecule has 4 aliphatic rings. The van der Waals surface area contributed by atoms with E-state index < -0.39 is 23.6 Å². The van der Waals surface area contributed by atoms with Crippen LogP contribution in [0.15, 0.2) is 24.3 Å². The predicted octanol–water partition coefficient (Wildman–Crippen LogP) is 6.07. The van der Waals surface area contributed by atoms with Crippen LogP contribution >= 0.6 is 23.2 Å². The number of carbonyl (C=O) groups excluding carboxylic acids is 2. The van der Waals surface area contributed by atoms with Gasteiger partial charge in [0.2, 0.25) is 5.95 Å². The van der Waals surface area contributed by atoms with E-state index in [2.05, 4.69) is 20.9 Å². The molecule has 4 N–H and O–H groups in total. The van der Waals surface area contributed by atoms with Crippen molar-refractivity contribution in [3.05, 3.63) is 45.4 Å². The summed E-state index contributed by atoms with van der Waals surface area (Å²) in [4.78, 5) is 32.9. The van der Waals surface area contributed by atoms with Gasteiger partial charge < -0.3 is 30.5 Å². The summed E-state index contributed by atoms with van der Waals surface area (Å²) in [6, 6.07) is 6.73. The van der Waals surface area contributed by atoms with Crippen LogP contribution in [0.25, 0.3) is 11.0 Å². The monoisotopic (exact) mass is 678 g/mol. The average Bonchev–Trinajstić information content (AvgIpc) is 3.89. The fraction of sp³-hybridized carbons (Fsp3) is 0.531. The largest absolute Gasteiger partial charge is 0.391 e. The molecule has 3 aliphatic carbocycles. The Morgan fingerprint density at radius 3 is 2.43 bits per heavy atom. The molecule has 2 atom stereocenters. The van der Waals surface area contributed by atoms with Crippen molar-refractivity contribution in [2.24, 2.45) is 24.8 Å². The molecule has 4 fully saturated rings. The maximum atomic E-state index is 13.7. The second-order valence-electron chi connectivity index (χ2n) is 13.3. The zero-order valence-electron chi connectivity index (χ0n) is 25.2. The summed E-state index contributed by atoms with van der Waals surface area (Å²) in [5.41, 5.74) is 2.24. The van der Waals surface area contributed by atoms with E-state index in [0.717, 1.165) is 24.3 Å². The van der Waals surface area contributed by atoms with Gasteiger partial charge in [0.05, 0.1) is 43.9 Å².